The third kappa shape index (κ3) is 4.99. The fraction of sp³-hybridized carbons (Fsp3) is 0.160. The Kier molecular flexibility index (Phi) is 6.60. The van der Waals surface area contributed by atoms with E-state index < -0.39 is 12.1 Å². The zero-order chi connectivity index (χ0) is 23.4. The fourth-order valence-electron chi connectivity index (χ4n) is 3.69. The molecule has 2 atom stereocenters. The molecule has 7 nitrogen and oxygen atoms in total. The van der Waals surface area contributed by atoms with Crippen molar-refractivity contribution in [3.63, 3.8) is 0 Å². The zero-order valence-electron chi connectivity index (χ0n) is 18.1. The van der Waals surface area contributed by atoms with Gasteiger partial charge in [-0.25, -0.2) is 0 Å². The van der Waals surface area contributed by atoms with E-state index in [0.717, 1.165) is 11.1 Å². The average molecular weight is 465 g/mol. The molecule has 0 aliphatic carbocycles. The van der Waals surface area contributed by atoms with Crippen LogP contribution >= 0.6 is 11.6 Å². The summed E-state index contributed by atoms with van der Waals surface area (Å²) in [7, 11) is 3.15. The lowest BCUT2D eigenvalue weighted by Gasteiger charge is -2.15. The Morgan fingerprint density at radius 1 is 1.00 bits per heavy atom. The Labute approximate surface area is 196 Å². The molecule has 2 N–H and O–H groups in total. The second-order valence-electron chi connectivity index (χ2n) is 7.47. The predicted molar refractivity (Wildman–Crippen MR) is 125 cm³/mol. The smallest absolute Gasteiger partial charge is 0.304 e. The molecule has 33 heavy (non-hydrogen) atoms. The molecule has 1 aliphatic heterocycles. The highest BCUT2D eigenvalue weighted by atomic mass is 35.5. The van der Waals surface area contributed by atoms with Crippen LogP contribution in [-0.4, -0.2) is 43.0 Å². The van der Waals surface area contributed by atoms with Gasteiger partial charge in [-0.1, -0.05) is 29.8 Å². The van der Waals surface area contributed by atoms with Crippen molar-refractivity contribution in [2.45, 2.75) is 12.1 Å². The molecule has 1 saturated heterocycles. The van der Waals surface area contributed by atoms with Crippen LogP contribution in [0.1, 0.15) is 27.5 Å². The van der Waals surface area contributed by atoms with Crippen LogP contribution in [0.2, 0.25) is 5.02 Å². The van der Waals surface area contributed by atoms with E-state index in [0.29, 0.717) is 22.1 Å². The molecule has 1 aliphatic rings. The van der Waals surface area contributed by atoms with Crippen molar-refractivity contribution >= 4 is 29.6 Å². The number of hydrazine groups is 1. The summed E-state index contributed by atoms with van der Waals surface area (Å²) in [5.74, 6) is 0.654. The van der Waals surface area contributed by atoms with Crippen LogP contribution < -0.4 is 20.2 Å². The van der Waals surface area contributed by atoms with Gasteiger partial charge >= 0.3 is 5.91 Å². The van der Waals surface area contributed by atoms with Gasteiger partial charge in [0.15, 0.2) is 6.04 Å². The van der Waals surface area contributed by atoms with Gasteiger partial charge in [-0.05, 0) is 54.6 Å². The first-order chi connectivity index (χ1) is 16.0. The molecule has 0 saturated carbocycles. The monoisotopic (exact) mass is 464 g/mol. The number of nitrogens with zero attached hydrogens (tertiary/aromatic N) is 1. The van der Waals surface area contributed by atoms with Crippen LogP contribution in [-0.2, 0) is 4.79 Å². The normalized spacial score (nSPS) is 18.6. The second-order valence-corrected chi connectivity index (χ2v) is 7.90. The third-order valence-electron chi connectivity index (χ3n) is 5.37. The summed E-state index contributed by atoms with van der Waals surface area (Å²) in [6.07, 6.45) is 1.80. The molecule has 1 heterocycles. The van der Waals surface area contributed by atoms with Crippen molar-refractivity contribution in [3.8, 4) is 11.5 Å². The van der Waals surface area contributed by atoms with E-state index in [9.17, 15) is 9.59 Å². The van der Waals surface area contributed by atoms with Crippen molar-refractivity contribution in [1.29, 1.82) is 0 Å². The van der Waals surface area contributed by atoms with E-state index in [1.54, 1.807) is 61.5 Å². The Morgan fingerprint density at radius 2 is 1.70 bits per heavy atom. The third-order valence-corrected chi connectivity index (χ3v) is 5.62. The predicted octanol–water partition coefficient (Wildman–Crippen LogP) is 3.37. The first-order valence-corrected chi connectivity index (χ1v) is 10.6. The lowest BCUT2D eigenvalue weighted by molar-refractivity contribution is -0.596. The number of nitrogens with one attached hydrogen (secondary N) is 2. The van der Waals surface area contributed by atoms with Gasteiger partial charge in [0.1, 0.15) is 11.5 Å². The van der Waals surface area contributed by atoms with Gasteiger partial charge in [-0.2, -0.15) is 0 Å². The van der Waals surface area contributed by atoms with Crippen molar-refractivity contribution < 1.29 is 23.7 Å². The maximum absolute atomic E-state index is 13.0. The summed E-state index contributed by atoms with van der Waals surface area (Å²) in [5, 5.41) is 3.45. The van der Waals surface area contributed by atoms with Gasteiger partial charge in [-0.3, -0.25) is 9.59 Å². The lowest BCUT2D eigenvalue weighted by atomic mass is 9.99. The second kappa shape index (κ2) is 9.75. The number of hydrogen-bond donors (Lipinski definition) is 2. The highest BCUT2D eigenvalue weighted by Crippen LogP contribution is 2.27. The Balaban J connectivity index is 1.68. The number of hydrazone groups is 1. The van der Waals surface area contributed by atoms with Gasteiger partial charge in [0, 0.05) is 21.7 Å². The topological polar surface area (TPSA) is 79.7 Å². The van der Waals surface area contributed by atoms with Gasteiger partial charge in [0.05, 0.1) is 14.2 Å². The average Bonchev–Trinajstić information content (AvgIpc) is 3.14. The first kappa shape index (κ1) is 22.4. The summed E-state index contributed by atoms with van der Waals surface area (Å²) in [6.45, 7) is 0. The molecule has 2 amide bonds. The van der Waals surface area contributed by atoms with Gasteiger partial charge in [0.25, 0.3) is 5.91 Å². The first-order valence-electron chi connectivity index (χ1n) is 10.3. The molecule has 0 unspecified atom stereocenters. The van der Waals surface area contributed by atoms with Crippen LogP contribution in [0, 0.1) is 0 Å². The Bertz CT molecular complexity index is 1190. The molecule has 0 bridgehead atoms. The van der Waals surface area contributed by atoms with Crippen LogP contribution in [0.5, 0.6) is 11.5 Å². The number of carbonyl (C=O) groups is 2. The molecule has 0 aromatic heterocycles. The maximum Gasteiger partial charge on any atom is 0.304 e. The molecule has 0 radical (unpaired) electrons. The summed E-state index contributed by atoms with van der Waals surface area (Å²) in [5.41, 5.74) is 4.93. The molecule has 1 fully saturated rings. The molecular formula is C25H23ClN3O4+. The van der Waals surface area contributed by atoms with Crippen LogP contribution in [0.3, 0.4) is 0 Å². The zero-order valence-corrected chi connectivity index (χ0v) is 18.9. The number of rotatable bonds is 6. The number of ether oxygens (including phenoxy) is 2. The van der Waals surface area contributed by atoms with Crippen molar-refractivity contribution in [2.24, 2.45) is 0 Å². The standard InChI is InChI=1S/C25H22ClN3O4/c1-32-20-12-8-18(9-13-20)24(30)27-22-23(17-6-10-19(26)11-7-17)29(28-25(22)31)15-16-4-3-5-21(14-16)33-2/h3-15,22-23H,1-2H3,(H-,27,28,30,31)/p+1/b29-15-/t22-,23-/m1/s1. The van der Waals surface area contributed by atoms with E-state index in [2.05, 4.69) is 10.7 Å². The summed E-state index contributed by atoms with van der Waals surface area (Å²) in [4.78, 5) is 25.9. The number of hydrogen-bond acceptors (Lipinski definition) is 4. The van der Waals surface area contributed by atoms with Crippen molar-refractivity contribution in [2.75, 3.05) is 14.2 Å². The van der Waals surface area contributed by atoms with E-state index in [4.69, 9.17) is 21.1 Å². The van der Waals surface area contributed by atoms with Gasteiger partial charge < -0.3 is 14.8 Å². The highest BCUT2D eigenvalue weighted by Gasteiger charge is 2.47. The van der Waals surface area contributed by atoms with Crippen LogP contribution in [0.25, 0.3) is 0 Å². The molecule has 4 rings (SSSR count). The molecule has 0 spiro atoms. The number of benzene rings is 3. The van der Waals surface area contributed by atoms with Crippen LogP contribution in [0.4, 0.5) is 0 Å². The SMILES string of the molecule is COc1ccc(C(=O)N[C@H]2C(=O)N/[N+](=C\c3cccc(OC)c3)[C@@H]2c2ccc(Cl)cc2)cc1. The molecular weight excluding hydrogens is 442 g/mol. The fourth-order valence-corrected chi connectivity index (χ4v) is 3.82. The molecule has 8 heteroatoms. The van der Waals surface area contributed by atoms with Gasteiger partial charge in [0.2, 0.25) is 12.3 Å². The number of methoxy groups -OCH3 is 2. The quantitative estimate of drug-likeness (QED) is 0.548. The van der Waals surface area contributed by atoms with E-state index in [1.807, 2.05) is 36.4 Å². The largest absolute Gasteiger partial charge is 0.497 e. The molecule has 3 aromatic carbocycles. The minimum absolute atomic E-state index is 0.323. The van der Waals surface area contributed by atoms with E-state index >= 15 is 0 Å². The van der Waals surface area contributed by atoms with E-state index in [-0.39, 0.29) is 11.8 Å². The molecule has 168 valence electrons. The summed E-state index contributed by atoms with van der Waals surface area (Å²) < 4.78 is 12.1. The number of halogens is 1. The molecule has 3 aromatic rings. The van der Waals surface area contributed by atoms with E-state index in [1.165, 1.54) is 0 Å². The lowest BCUT2D eigenvalue weighted by Crippen LogP contribution is -2.42. The summed E-state index contributed by atoms with van der Waals surface area (Å²) in [6, 6.07) is 20.0. The van der Waals surface area contributed by atoms with Crippen molar-refractivity contribution in [1.82, 2.24) is 10.7 Å². The van der Waals surface area contributed by atoms with Gasteiger partial charge in [-0.15, -0.1) is 10.1 Å². The van der Waals surface area contributed by atoms with Crippen LogP contribution in [0.15, 0.2) is 72.8 Å². The minimum Gasteiger partial charge on any atom is -0.497 e. The maximum atomic E-state index is 13.0. The highest BCUT2D eigenvalue weighted by molar-refractivity contribution is 6.30. The Hall–Kier alpha value is -3.84. The van der Waals surface area contributed by atoms with Crippen molar-refractivity contribution in [3.05, 3.63) is 94.5 Å². The minimum atomic E-state index is -0.831. The summed E-state index contributed by atoms with van der Waals surface area (Å²) >= 11 is 6.07. The Morgan fingerprint density at radius 3 is 2.36 bits per heavy atom. The number of carbonyl (C=O) groups excluding carboxylic acids is 2. The number of amides is 2.